The van der Waals surface area contributed by atoms with E-state index >= 15 is 0 Å². The van der Waals surface area contributed by atoms with Gasteiger partial charge >= 0.3 is 0 Å². The van der Waals surface area contributed by atoms with E-state index in [1.165, 1.54) is 25.9 Å². The Bertz CT molecular complexity index is 145. The van der Waals surface area contributed by atoms with Crippen LogP contribution in [0.15, 0.2) is 12.7 Å². The van der Waals surface area contributed by atoms with Crippen molar-refractivity contribution in [1.29, 1.82) is 0 Å². The molecule has 0 saturated carbocycles. The third-order valence-corrected chi connectivity index (χ3v) is 2.78. The van der Waals surface area contributed by atoms with E-state index in [4.69, 9.17) is 0 Å². The van der Waals surface area contributed by atoms with Crippen LogP contribution in [0.4, 0.5) is 0 Å². The summed E-state index contributed by atoms with van der Waals surface area (Å²) in [5.41, 5.74) is 0. The first-order chi connectivity index (χ1) is 5.77. The molecule has 0 amide bonds. The van der Waals surface area contributed by atoms with Crippen LogP contribution >= 0.6 is 0 Å². The van der Waals surface area contributed by atoms with Crippen LogP contribution in [0.5, 0.6) is 0 Å². The van der Waals surface area contributed by atoms with E-state index in [9.17, 15) is 0 Å². The van der Waals surface area contributed by atoms with Crippen molar-refractivity contribution in [2.45, 2.75) is 31.8 Å². The molecule has 1 N–H and O–H groups in total. The molecule has 2 nitrogen and oxygen atoms in total. The molecule has 0 spiro atoms. The largest absolute Gasteiger partial charge is 0.316 e. The van der Waals surface area contributed by atoms with Crippen LogP contribution in [0.3, 0.4) is 0 Å². The summed E-state index contributed by atoms with van der Waals surface area (Å²) in [6.07, 6.45) is 4.65. The molecule has 1 saturated heterocycles. The highest BCUT2D eigenvalue weighted by atomic mass is 15.2. The molecule has 0 bridgehead atoms. The Morgan fingerprint density at radius 3 is 3.00 bits per heavy atom. The second-order valence-electron chi connectivity index (χ2n) is 3.60. The lowest BCUT2D eigenvalue weighted by molar-refractivity contribution is 0.172. The predicted octanol–water partition coefficient (Wildman–Crippen LogP) is 1.24. The third-order valence-electron chi connectivity index (χ3n) is 2.78. The summed E-state index contributed by atoms with van der Waals surface area (Å²) in [6.45, 7) is 8.44. The van der Waals surface area contributed by atoms with Crippen LogP contribution in [0.2, 0.25) is 0 Å². The zero-order chi connectivity index (χ0) is 8.97. The van der Waals surface area contributed by atoms with E-state index in [1.807, 2.05) is 13.1 Å². The first kappa shape index (κ1) is 9.75. The zero-order valence-electron chi connectivity index (χ0n) is 8.21. The molecule has 1 fully saturated rings. The molecule has 0 aliphatic carbocycles. The molecular formula is C10H20N2. The van der Waals surface area contributed by atoms with Gasteiger partial charge in [0.25, 0.3) is 0 Å². The van der Waals surface area contributed by atoms with Gasteiger partial charge in [-0.25, -0.2) is 0 Å². The van der Waals surface area contributed by atoms with Crippen LogP contribution < -0.4 is 5.32 Å². The molecular weight excluding hydrogens is 148 g/mol. The molecule has 1 rings (SSSR count). The fourth-order valence-corrected chi connectivity index (χ4v) is 1.76. The molecule has 1 aliphatic heterocycles. The molecule has 2 atom stereocenters. The number of hydrogen-bond donors (Lipinski definition) is 1. The van der Waals surface area contributed by atoms with Crippen LogP contribution in [-0.4, -0.2) is 37.1 Å². The average molecular weight is 168 g/mol. The second kappa shape index (κ2) is 4.63. The van der Waals surface area contributed by atoms with E-state index < -0.39 is 0 Å². The van der Waals surface area contributed by atoms with Gasteiger partial charge in [0, 0.05) is 18.6 Å². The Hall–Kier alpha value is -0.340. The minimum Gasteiger partial charge on any atom is -0.316 e. The number of rotatable bonds is 3. The summed E-state index contributed by atoms with van der Waals surface area (Å²) >= 11 is 0. The highest BCUT2D eigenvalue weighted by Crippen LogP contribution is 2.12. The minimum absolute atomic E-state index is 0.529. The van der Waals surface area contributed by atoms with Gasteiger partial charge in [-0.05, 0) is 33.4 Å². The van der Waals surface area contributed by atoms with Gasteiger partial charge in [0.1, 0.15) is 0 Å². The van der Waals surface area contributed by atoms with E-state index in [0.29, 0.717) is 12.1 Å². The minimum atomic E-state index is 0.529. The van der Waals surface area contributed by atoms with Gasteiger partial charge in [0.05, 0.1) is 0 Å². The normalized spacial score (nSPS) is 28.3. The van der Waals surface area contributed by atoms with Crippen molar-refractivity contribution in [2.24, 2.45) is 0 Å². The maximum absolute atomic E-state index is 3.82. The predicted molar refractivity (Wildman–Crippen MR) is 53.3 cm³/mol. The van der Waals surface area contributed by atoms with Crippen LogP contribution in [0.25, 0.3) is 0 Å². The van der Waals surface area contributed by atoms with Gasteiger partial charge in [-0.2, -0.15) is 0 Å². The summed E-state index contributed by atoms with van der Waals surface area (Å²) in [6, 6.07) is 1.21. The van der Waals surface area contributed by atoms with Crippen molar-refractivity contribution in [3.8, 4) is 0 Å². The van der Waals surface area contributed by atoms with Crippen molar-refractivity contribution >= 4 is 0 Å². The van der Waals surface area contributed by atoms with Crippen molar-refractivity contribution < 1.29 is 0 Å². The Morgan fingerprint density at radius 1 is 1.67 bits per heavy atom. The Balaban J connectivity index is 2.39. The van der Waals surface area contributed by atoms with E-state index in [1.54, 1.807) is 0 Å². The van der Waals surface area contributed by atoms with E-state index in [0.717, 1.165) is 0 Å². The third kappa shape index (κ3) is 2.32. The summed E-state index contributed by atoms with van der Waals surface area (Å²) in [5, 5.41) is 3.34. The molecule has 1 aliphatic rings. The monoisotopic (exact) mass is 168 g/mol. The fourth-order valence-electron chi connectivity index (χ4n) is 1.76. The summed E-state index contributed by atoms with van der Waals surface area (Å²) < 4.78 is 0. The van der Waals surface area contributed by atoms with Crippen molar-refractivity contribution in [2.75, 3.05) is 20.1 Å². The van der Waals surface area contributed by atoms with Crippen molar-refractivity contribution in [3.63, 3.8) is 0 Å². The molecule has 0 radical (unpaired) electrons. The van der Waals surface area contributed by atoms with Gasteiger partial charge in [0.15, 0.2) is 0 Å². The number of piperidine rings is 1. The fraction of sp³-hybridized carbons (Fsp3) is 0.800. The SMILES string of the molecule is C=CC(C)N1CCCC(NC)C1. The topological polar surface area (TPSA) is 15.3 Å². The van der Waals surface area contributed by atoms with Gasteiger partial charge in [-0.1, -0.05) is 6.08 Å². The second-order valence-corrected chi connectivity index (χ2v) is 3.60. The maximum atomic E-state index is 3.82. The van der Waals surface area contributed by atoms with E-state index in [2.05, 4.69) is 23.7 Å². The quantitative estimate of drug-likeness (QED) is 0.638. The van der Waals surface area contributed by atoms with Crippen molar-refractivity contribution in [1.82, 2.24) is 10.2 Å². The summed E-state index contributed by atoms with van der Waals surface area (Å²) in [7, 11) is 2.05. The molecule has 2 unspecified atom stereocenters. The number of likely N-dealkylation sites (tertiary alicyclic amines) is 1. The molecule has 0 aromatic rings. The summed E-state index contributed by atoms with van der Waals surface area (Å²) in [4.78, 5) is 2.48. The van der Waals surface area contributed by atoms with Crippen LogP contribution in [-0.2, 0) is 0 Å². The average Bonchev–Trinajstić information content (AvgIpc) is 2.17. The Labute approximate surface area is 75.6 Å². The molecule has 0 aromatic carbocycles. The number of nitrogens with zero attached hydrogens (tertiary/aromatic N) is 1. The maximum Gasteiger partial charge on any atom is 0.0247 e. The number of likely N-dealkylation sites (N-methyl/N-ethyl adjacent to an activating group) is 1. The number of hydrogen-bond acceptors (Lipinski definition) is 2. The van der Waals surface area contributed by atoms with Gasteiger partial charge in [0.2, 0.25) is 0 Å². The van der Waals surface area contributed by atoms with Gasteiger partial charge < -0.3 is 5.32 Å². The first-order valence-electron chi connectivity index (χ1n) is 4.81. The highest BCUT2D eigenvalue weighted by Gasteiger charge is 2.20. The smallest absolute Gasteiger partial charge is 0.0247 e. The molecule has 12 heavy (non-hydrogen) atoms. The molecule has 1 heterocycles. The lowest BCUT2D eigenvalue weighted by atomic mass is 10.0. The highest BCUT2D eigenvalue weighted by molar-refractivity contribution is 4.88. The van der Waals surface area contributed by atoms with Crippen LogP contribution in [0, 0.1) is 0 Å². The van der Waals surface area contributed by atoms with E-state index in [-0.39, 0.29) is 0 Å². The molecule has 70 valence electrons. The standard InChI is InChI=1S/C10H20N2/c1-4-9(2)12-7-5-6-10(8-12)11-3/h4,9-11H,1,5-8H2,2-3H3. The Kier molecular flexibility index (Phi) is 3.76. The molecule has 2 heteroatoms. The lowest BCUT2D eigenvalue weighted by Gasteiger charge is -2.35. The zero-order valence-corrected chi connectivity index (χ0v) is 8.21. The van der Waals surface area contributed by atoms with Crippen LogP contribution in [0.1, 0.15) is 19.8 Å². The van der Waals surface area contributed by atoms with Crippen molar-refractivity contribution in [3.05, 3.63) is 12.7 Å². The number of nitrogens with one attached hydrogen (secondary N) is 1. The van der Waals surface area contributed by atoms with Gasteiger partial charge in [-0.15, -0.1) is 6.58 Å². The van der Waals surface area contributed by atoms with Gasteiger partial charge in [-0.3, -0.25) is 4.90 Å². The lowest BCUT2D eigenvalue weighted by Crippen LogP contribution is -2.47. The first-order valence-corrected chi connectivity index (χ1v) is 4.81. The molecule has 0 aromatic heterocycles. The Morgan fingerprint density at radius 2 is 2.42 bits per heavy atom. The summed E-state index contributed by atoms with van der Waals surface area (Å²) in [5.74, 6) is 0.